The van der Waals surface area contributed by atoms with E-state index in [1.807, 2.05) is 4.98 Å². The maximum atomic E-state index is 13.6. The molecule has 1 fully saturated rings. The summed E-state index contributed by atoms with van der Waals surface area (Å²) in [5, 5.41) is 18.2. The molecular weight excluding hydrogens is 235 g/mol. The van der Waals surface area contributed by atoms with E-state index in [2.05, 4.69) is 0 Å². The molecule has 0 amide bonds. The molecule has 0 bridgehead atoms. The van der Waals surface area contributed by atoms with Gasteiger partial charge in [-0.25, -0.2) is 9.18 Å². The van der Waals surface area contributed by atoms with E-state index in [1.54, 1.807) is 0 Å². The molecule has 1 aromatic heterocycles. The van der Waals surface area contributed by atoms with E-state index in [0.29, 0.717) is 0 Å². The number of H-pyrrole nitrogens is 1. The van der Waals surface area contributed by atoms with Crippen molar-refractivity contribution in [1.82, 2.24) is 9.55 Å². The van der Waals surface area contributed by atoms with Crippen molar-refractivity contribution >= 4 is 0 Å². The average molecular weight is 246 g/mol. The SMILES string of the molecule is O=c1ccn([C@H]2O[C@@H](CO)[C@@H](O)[C@@H]2F)c(=O)[nH]1. The number of aliphatic hydroxyl groups excluding tert-OH is 2. The topological polar surface area (TPSA) is 105 Å². The van der Waals surface area contributed by atoms with Crippen LogP contribution < -0.4 is 11.2 Å². The zero-order valence-electron chi connectivity index (χ0n) is 8.62. The zero-order chi connectivity index (χ0) is 12.6. The zero-order valence-corrected chi connectivity index (χ0v) is 8.62. The van der Waals surface area contributed by atoms with Gasteiger partial charge in [0.1, 0.15) is 12.2 Å². The first kappa shape index (κ1) is 12.0. The number of ether oxygens (including phenoxy) is 1. The van der Waals surface area contributed by atoms with Crippen LogP contribution in [0.15, 0.2) is 21.9 Å². The van der Waals surface area contributed by atoms with E-state index in [9.17, 15) is 19.1 Å². The third-order valence-corrected chi connectivity index (χ3v) is 2.60. The molecule has 0 radical (unpaired) electrons. The molecule has 0 unspecified atom stereocenters. The summed E-state index contributed by atoms with van der Waals surface area (Å²) in [5.41, 5.74) is -1.45. The van der Waals surface area contributed by atoms with Crippen LogP contribution in [0, 0.1) is 0 Å². The van der Waals surface area contributed by atoms with Gasteiger partial charge in [0, 0.05) is 12.3 Å². The minimum absolute atomic E-state index is 0.559. The molecule has 1 aliphatic heterocycles. The molecule has 8 heteroatoms. The molecule has 0 spiro atoms. The molecule has 0 saturated carbocycles. The molecule has 1 aliphatic rings. The number of nitrogens with one attached hydrogen (secondary N) is 1. The summed E-state index contributed by atoms with van der Waals surface area (Å²) in [5.74, 6) is 0. The quantitative estimate of drug-likeness (QED) is 0.567. The van der Waals surface area contributed by atoms with E-state index in [0.717, 1.165) is 16.8 Å². The van der Waals surface area contributed by atoms with Crippen LogP contribution in [0.5, 0.6) is 0 Å². The highest BCUT2D eigenvalue weighted by molar-refractivity contribution is 4.93. The molecule has 7 nitrogen and oxygen atoms in total. The Bertz CT molecular complexity index is 513. The Kier molecular flexibility index (Phi) is 3.09. The first-order chi connectivity index (χ1) is 8.04. The lowest BCUT2D eigenvalue weighted by atomic mass is 10.1. The molecule has 2 heterocycles. The van der Waals surface area contributed by atoms with Gasteiger partial charge in [0.05, 0.1) is 6.61 Å². The molecule has 1 saturated heterocycles. The standard InChI is InChI=1S/C9H11FN2O5/c10-6-7(15)4(3-13)17-8(6)12-2-1-5(14)11-9(12)16/h1-2,4,6-8,13,15H,3H2,(H,11,14,16)/t4-,6-,7+,8-/m0/s1. The van der Waals surface area contributed by atoms with Gasteiger partial charge in [-0.3, -0.25) is 14.3 Å². The predicted octanol–water partition coefficient (Wildman–Crippen LogP) is -1.87. The van der Waals surface area contributed by atoms with Crippen molar-refractivity contribution in [2.24, 2.45) is 0 Å². The fraction of sp³-hybridized carbons (Fsp3) is 0.556. The number of nitrogens with zero attached hydrogens (tertiary/aromatic N) is 1. The van der Waals surface area contributed by atoms with Crippen molar-refractivity contribution in [3.8, 4) is 0 Å². The fourth-order valence-corrected chi connectivity index (χ4v) is 1.71. The summed E-state index contributed by atoms with van der Waals surface area (Å²) >= 11 is 0. The van der Waals surface area contributed by atoms with E-state index >= 15 is 0 Å². The summed E-state index contributed by atoms with van der Waals surface area (Å²) in [6, 6.07) is 1.04. The fourth-order valence-electron chi connectivity index (χ4n) is 1.71. The Balaban J connectivity index is 2.35. The summed E-state index contributed by atoms with van der Waals surface area (Å²) in [6.45, 7) is -0.559. The third-order valence-electron chi connectivity index (χ3n) is 2.60. The van der Waals surface area contributed by atoms with Gasteiger partial charge in [0.25, 0.3) is 5.56 Å². The molecular formula is C9H11FN2O5. The van der Waals surface area contributed by atoms with Gasteiger partial charge < -0.3 is 14.9 Å². The second-order valence-corrected chi connectivity index (χ2v) is 3.70. The van der Waals surface area contributed by atoms with Gasteiger partial charge in [-0.05, 0) is 0 Å². The lowest BCUT2D eigenvalue weighted by Crippen LogP contribution is -2.35. The van der Waals surface area contributed by atoms with Crippen molar-refractivity contribution in [3.05, 3.63) is 33.1 Å². The highest BCUT2D eigenvalue weighted by Crippen LogP contribution is 2.30. The second-order valence-electron chi connectivity index (χ2n) is 3.70. The lowest BCUT2D eigenvalue weighted by molar-refractivity contribution is -0.0491. The largest absolute Gasteiger partial charge is 0.394 e. The molecule has 1 aromatic rings. The normalized spacial score (nSPS) is 32.9. The van der Waals surface area contributed by atoms with Crippen LogP contribution in [0.3, 0.4) is 0 Å². The number of aromatic amines is 1. The summed E-state index contributed by atoms with van der Waals surface area (Å²) in [7, 11) is 0. The Hall–Kier alpha value is -1.51. The van der Waals surface area contributed by atoms with Gasteiger partial charge in [-0.15, -0.1) is 0 Å². The first-order valence-corrected chi connectivity index (χ1v) is 4.94. The van der Waals surface area contributed by atoms with Crippen molar-refractivity contribution in [2.45, 2.75) is 24.6 Å². The maximum absolute atomic E-state index is 13.6. The summed E-state index contributed by atoms with van der Waals surface area (Å²) in [4.78, 5) is 24.2. The van der Waals surface area contributed by atoms with Crippen LogP contribution in [0.4, 0.5) is 4.39 Å². The Morgan fingerprint density at radius 2 is 2.24 bits per heavy atom. The van der Waals surface area contributed by atoms with E-state index in [4.69, 9.17) is 9.84 Å². The smallest absolute Gasteiger partial charge is 0.330 e. The number of aliphatic hydroxyl groups is 2. The van der Waals surface area contributed by atoms with Crippen molar-refractivity contribution in [1.29, 1.82) is 0 Å². The van der Waals surface area contributed by atoms with Gasteiger partial charge in [-0.1, -0.05) is 0 Å². The number of aromatic nitrogens is 2. The Labute approximate surface area is 94.1 Å². The highest BCUT2D eigenvalue weighted by Gasteiger charge is 2.45. The second kappa shape index (κ2) is 4.40. The van der Waals surface area contributed by atoms with E-state index in [1.165, 1.54) is 0 Å². The summed E-state index contributed by atoms with van der Waals surface area (Å²) < 4.78 is 19.5. The molecule has 3 N–H and O–H groups in total. The van der Waals surface area contributed by atoms with Crippen LogP contribution >= 0.6 is 0 Å². The van der Waals surface area contributed by atoms with Gasteiger partial charge in [-0.2, -0.15) is 0 Å². The van der Waals surface area contributed by atoms with Crippen molar-refractivity contribution in [3.63, 3.8) is 0 Å². The lowest BCUT2D eigenvalue weighted by Gasteiger charge is -2.15. The summed E-state index contributed by atoms with van der Waals surface area (Å²) in [6.07, 6.45) is -4.73. The van der Waals surface area contributed by atoms with E-state index < -0.39 is 42.5 Å². The monoisotopic (exact) mass is 246 g/mol. The van der Waals surface area contributed by atoms with Gasteiger partial charge >= 0.3 is 5.69 Å². The molecule has 0 aliphatic carbocycles. The number of halogens is 1. The first-order valence-electron chi connectivity index (χ1n) is 4.94. The molecule has 0 aromatic carbocycles. The minimum Gasteiger partial charge on any atom is -0.394 e. The highest BCUT2D eigenvalue weighted by atomic mass is 19.1. The third kappa shape index (κ3) is 2.02. The van der Waals surface area contributed by atoms with Crippen LogP contribution in [0.1, 0.15) is 6.23 Å². The predicted molar refractivity (Wildman–Crippen MR) is 53.2 cm³/mol. The van der Waals surface area contributed by atoms with Gasteiger partial charge in [0.2, 0.25) is 0 Å². The number of hydrogen-bond acceptors (Lipinski definition) is 5. The van der Waals surface area contributed by atoms with Gasteiger partial charge in [0.15, 0.2) is 12.4 Å². The van der Waals surface area contributed by atoms with Crippen LogP contribution in [-0.2, 0) is 4.74 Å². The van der Waals surface area contributed by atoms with Crippen LogP contribution in [0.25, 0.3) is 0 Å². The molecule has 4 atom stereocenters. The Morgan fingerprint density at radius 3 is 2.76 bits per heavy atom. The molecule has 94 valence electrons. The number of alkyl halides is 1. The molecule has 2 rings (SSSR count). The van der Waals surface area contributed by atoms with Crippen LogP contribution in [0.2, 0.25) is 0 Å². The average Bonchev–Trinajstić information content (AvgIpc) is 2.57. The number of rotatable bonds is 2. The van der Waals surface area contributed by atoms with Crippen LogP contribution in [-0.4, -0.2) is 44.8 Å². The van der Waals surface area contributed by atoms with Crippen molar-refractivity contribution in [2.75, 3.05) is 6.61 Å². The van der Waals surface area contributed by atoms with Crippen molar-refractivity contribution < 1.29 is 19.3 Å². The minimum atomic E-state index is -1.85. The number of hydrogen-bond donors (Lipinski definition) is 3. The maximum Gasteiger partial charge on any atom is 0.330 e. The Morgan fingerprint density at radius 1 is 1.53 bits per heavy atom. The van der Waals surface area contributed by atoms with E-state index in [-0.39, 0.29) is 0 Å². The molecule has 17 heavy (non-hydrogen) atoms.